The molecule has 1 saturated carbocycles. The van der Waals surface area contributed by atoms with E-state index in [2.05, 4.69) is 25.2 Å². The summed E-state index contributed by atoms with van der Waals surface area (Å²) in [5, 5.41) is 2.96. The van der Waals surface area contributed by atoms with E-state index in [0.29, 0.717) is 63.9 Å². The lowest BCUT2D eigenvalue weighted by Crippen LogP contribution is -2.42. The first-order chi connectivity index (χ1) is 18.1. The molecule has 38 heavy (non-hydrogen) atoms. The molecule has 11 heteroatoms. The number of aryl methyl sites for hydroxylation is 1. The van der Waals surface area contributed by atoms with Crippen molar-refractivity contribution >= 4 is 12.0 Å². The van der Waals surface area contributed by atoms with E-state index in [-0.39, 0.29) is 17.8 Å². The molecule has 0 spiro atoms. The van der Waals surface area contributed by atoms with E-state index in [1.54, 1.807) is 31.5 Å². The fourth-order valence-corrected chi connectivity index (χ4v) is 4.87. The van der Waals surface area contributed by atoms with Crippen molar-refractivity contribution in [1.82, 2.24) is 25.2 Å². The van der Waals surface area contributed by atoms with Crippen LogP contribution < -0.4 is 10.1 Å². The Hall–Kier alpha value is -3.08. The van der Waals surface area contributed by atoms with Gasteiger partial charge in [-0.3, -0.25) is 4.79 Å². The van der Waals surface area contributed by atoms with E-state index in [4.69, 9.17) is 4.74 Å². The topological polar surface area (TPSA) is 80.2 Å². The maximum Gasteiger partial charge on any atom is 0.422 e. The van der Waals surface area contributed by atoms with Crippen LogP contribution in [0.5, 0.6) is 5.88 Å². The number of aromatic nitrogens is 3. The van der Waals surface area contributed by atoms with Crippen molar-refractivity contribution in [2.24, 2.45) is 0 Å². The maximum absolute atomic E-state index is 15.6. The number of ether oxygens (including phenoxy) is 1. The highest BCUT2D eigenvalue weighted by Gasteiger charge is 2.36. The van der Waals surface area contributed by atoms with Gasteiger partial charge in [-0.1, -0.05) is 6.07 Å². The van der Waals surface area contributed by atoms with Crippen LogP contribution in [-0.2, 0) is 17.6 Å². The third-order valence-corrected chi connectivity index (χ3v) is 7.12. The van der Waals surface area contributed by atoms with E-state index in [0.717, 1.165) is 23.4 Å². The van der Waals surface area contributed by atoms with Gasteiger partial charge in [0.2, 0.25) is 11.8 Å². The van der Waals surface area contributed by atoms with Crippen molar-refractivity contribution in [2.45, 2.75) is 69.8 Å². The zero-order valence-electron chi connectivity index (χ0n) is 21.4. The molecule has 0 atom stereocenters. The van der Waals surface area contributed by atoms with Crippen LogP contribution in [0.4, 0.5) is 17.6 Å². The van der Waals surface area contributed by atoms with Crippen LogP contribution in [0.2, 0.25) is 0 Å². The number of rotatable bonds is 8. The molecule has 2 aliphatic rings. The van der Waals surface area contributed by atoms with Crippen molar-refractivity contribution in [1.29, 1.82) is 0 Å². The van der Waals surface area contributed by atoms with Gasteiger partial charge in [-0.05, 0) is 57.1 Å². The van der Waals surface area contributed by atoms with E-state index < -0.39 is 18.5 Å². The number of nitrogens with zero attached hydrogens (tertiary/aromatic N) is 4. The Morgan fingerprint density at radius 2 is 1.89 bits per heavy atom. The average Bonchev–Trinajstić information content (AvgIpc) is 3.09. The van der Waals surface area contributed by atoms with E-state index in [9.17, 15) is 18.0 Å². The third kappa shape index (κ3) is 8.47. The Balaban J connectivity index is 1.19. The molecule has 4 rings (SSSR count). The summed E-state index contributed by atoms with van der Waals surface area (Å²) in [6, 6.07) is 3.19. The predicted molar refractivity (Wildman–Crippen MR) is 134 cm³/mol. The summed E-state index contributed by atoms with van der Waals surface area (Å²) in [6.45, 7) is 2.42. The molecule has 1 N–H and O–H groups in total. The second kappa shape index (κ2) is 12.2. The minimum atomic E-state index is -4.41. The van der Waals surface area contributed by atoms with Crippen molar-refractivity contribution in [3.63, 3.8) is 0 Å². The van der Waals surface area contributed by atoms with E-state index in [1.165, 1.54) is 12.1 Å². The molecule has 0 bridgehead atoms. The smallest absolute Gasteiger partial charge is 0.422 e. The van der Waals surface area contributed by atoms with Crippen LogP contribution in [0.25, 0.3) is 6.08 Å². The first kappa shape index (κ1) is 27.9. The first-order valence-corrected chi connectivity index (χ1v) is 12.9. The van der Waals surface area contributed by atoms with Crippen LogP contribution in [0, 0.1) is 6.92 Å². The van der Waals surface area contributed by atoms with Gasteiger partial charge in [-0.25, -0.2) is 19.3 Å². The quantitative estimate of drug-likeness (QED) is 0.399. The van der Waals surface area contributed by atoms with Crippen molar-refractivity contribution < 1.29 is 27.1 Å². The molecule has 7 nitrogen and oxygen atoms in total. The molecule has 0 saturated heterocycles. The maximum atomic E-state index is 15.6. The Morgan fingerprint density at radius 3 is 2.61 bits per heavy atom. The molecule has 1 aliphatic heterocycles. The van der Waals surface area contributed by atoms with Gasteiger partial charge < -0.3 is 15.0 Å². The molecule has 206 valence electrons. The number of carbonyl (C=O) groups excluding carboxylic acids is 1. The van der Waals surface area contributed by atoms with Gasteiger partial charge in [0, 0.05) is 67.9 Å². The first-order valence-electron chi connectivity index (χ1n) is 12.9. The highest BCUT2D eigenvalue weighted by atomic mass is 19.4. The second-order valence-electron chi connectivity index (χ2n) is 10.1. The van der Waals surface area contributed by atoms with Crippen LogP contribution in [0.15, 0.2) is 30.6 Å². The number of amides is 1. The number of pyridine rings is 1. The SMILES string of the molecule is Cc1ncc(/C=C/C(=O)N[C@H]2CC[C@](F)(CCN3CCc4ccc(OCC(F)(F)F)nc4CC3)CC2)cn1. The standard InChI is InChI=1S/C27H33F4N5O2/c1-19-32-16-20(17-33-19)2-4-24(37)34-22-6-10-26(28,11-7-22)12-15-36-13-8-21-3-5-25(35-23(21)9-14-36)38-18-27(29,30)31/h2-5,16-17,22H,6-15,18H2,1H3,(H,34,37)/b4-2+/t22-,26+. The normalized spacial score (nSPS) is 22.6. The average molecular weight is 536 g/mol. The number of nitrogens with one attached hydrogen (secondary N) is 1. The lowest BCUT2D eigenvalue weighted by atomic mass is 9.81. The van der Waals surface area contributed by atoms with Crippen molar-refractivity contribution in [2.75, 3.05) is 26.2 Å². The molecule has 1 amide bonds. The molecule has 1 fully saturated rings. The molecule has 0 unspecified atom stereocenters. The summed E-state index contributed by atoms with van der Waals surface area (Å²) in [6.07, 6.45) is 5.63. The molecule has 2 aromatic heterocycles. The van der Waals surface area contributed by atoms with Gasteiger partial charge >= 0.3 is 6.18 Å². The van der Waals surface area contributed by atoms with Crippen LogP contribution >= 0.6 is 0 Å². The summed E-state index contributed by atoms with van der Waals surface area (Å²) in [7, 11) is 0. The number of alkyl halides is 4. The minimum Gasteiger partial charge on any atom is -0.468 e. The zero-order chi connectivity index (χ0) is 27.2. The molecular weight excluding hydrogens is 502 g/mol. The zero-order valence-corrected chi connectivity index (χ0v) is 21.4. The van der Waals surface area contributed by atoms with Crippen LogP contribution in [0.3, 0.4) is 0 Å². The molecule has 0 aromatic carbocycles. The minimum absolute atomic E-state index is 0.0271. The van der Waals surface area contributed by atoms with E-state index in [1.807, 2.05) is 0 Å². The number of halogens is 4. The molecule has 3 heterocycles. The molecular formula is C27H33F4N5O2. The van der Waals surface area contributed by atoms with E-state index >= 15 is 4.39 Å². The van der Waals surface area contributed by atoms with Crippen LogP contribution in [0.1, 0.15) is 54.7 Å². The summed E-state index contributed by atoms with van der Waals surface area (Å²) in [5.74, 6) is 0.417. The second-order valence-corrected chi connectivity index (χ2v) is 10.1. The summed E-state index contributed by atoms with van der Waals surface area (Å²) < 4.78 is 57.6. The predicted octanol–water partition coefficient (Wildman–Crippen LogP) is 4.39. The number of fused-ring (bicyclic) bond motifs is 1. The Morgan fingerprint density at radius 1 is 1.18 bits per heavy atom. The molecule has 2 aromatic rings. The largest absolute Gasteiger partial charge is 0.468 e. The Kier molecular flexibility index (Phi) is 8.96. The Labute approximate surface area is 219 Å². The van der Waals surface area contributed by atoms with Gasteiger partial charge in [-0.15, -0.1) is 0 Å². The summed E-state index contributed by atoms with van der Waals surface area (Å²) in [4.78, 5) is 26.9. The summed E-state index contributed by atoms with van der Waals surface area (Å²) >= 11 is 0. The fraction of sp³-hybridized carbons (Fsp3) is 0.556. The highest BCUT2D eigenvalue weighted by Crippen LogP contribution is 2.35. The number of carbonyl (C=O) groups is 1. The van der Waals surface area contributed by atoms with Gasteiger partial charge in [0.15, 0.2) is 6.61 Å². The lowest BCUT2D eigenvalue weighted by molar-refractivity contribution is -0.154. The lowest BCUT2D eigenvalue weighted by Gasteiger charge is -2.35. The fourth-order valence-electron chi connectivity index (χ4n) is 4.87. The van der Waals surface area contributed by atoms with Gasteiger partial charge in [-0.2, -0.15) is 13.2 Å². The van der Waals surface area contributed by atoms with Gasteiger partial charge in [0.25, 0.3) is 0 Å². The number of hydrogen-bond acceptors (Lipinski definition) is 6. The number of hydrogen-bond donors (Lipinski definition) is 1. The van der Waals surface area contributed by atoms with Crippen molar-refractivity contribution in [3.8, 4) is 5.88 Å². The Bertz CT molecular complexity index is 1120. The monoisotopic (exact) mass is 535 g/mol. The summed E-state index contributed by atoms with van der Waals surface area (Å²) in [5.41, 5.74) is 1.19. The molecule has 1 aliphatic carbocycles. The molecule has 0 radical (unpaired) electrons. The highest BCUT2D eigenvalue weighted by molar-refractivity contribution is 5.91. The van der Waals surface area contributed by atoms with Crippen molar-refractivity contribution in [3.05, 3.63) is 53.2 Å². The van der Waals surface area contributed by atoms with Crippen LogP contribution in [-0.4, -0.2) is 69.9 Å². The van der Waals surface area contributed by atoms with Gasteiger partial charge in [0.1, 0.15) is 11.5 Å². The third-order valence-electron chi connectivity index (χ3n) is 7.12. The van der Waals surface area contributed by atoms with Gasteiger partial charge in [0.05, 0.1) is 0 Å².